The Morgan fingerprint density at radius 2 is 2.39 bits per heavy atom. The summed E-state index contributed by atoms with van der Waals surface area (Å²) in [6, 6.07) is 1.36. The zero-order chi connectivity index (χ0) is 13.1. The second kappa shape index (κ2) is 5.67. The lowest BCUT2D eigenvalue weighted by Crippen LogP contribution is -2.50. The van der Waals surface area contributed by atoms with E-state index < -0.39 is 0 Å². The first-order chi connectivity index (χ1) is 8.61. The molecule has 1 aliphatic heterocycles. The van der Waals surface area contributed by atoms with Gasteiger partial charge in [-0.25, -0.2) is 0 Å². The number of rotatable bonds is 2. The van der Waals surface area contributed by atoms with Crippen molar-refractivity contribution in [2.45, 2.75) is 19.1 Å². The molecule has 1 saturated heterocycles. The molecule has 2 rings (SSSR count). The number of carbonyl (C=O) groups excluding carboxylic acids is 1. The van der Waals surface area contributed by atoms with Crippen LogP contribution in [0, 0.1) is 0 Å². The number of morpholine rings is 1. The Bertz CT molecular complexity index is 488. The maximum absolute atomic E-state index is 12.3. The molecule has 1 aliphatic rings. The van der Waals surface area contributed by atoms with Crippen LogP contribution >= 0.6 is 15.9 Å². The molecule has 0 aromatic carbocycles. The molecule has 2 unspecified atom stereocenters. The average Bonchev–Trinajstić information content (AvgIpc) is 2.37. The summed E-state index contributed by atoms with van der Waals surface area (Å²) >= 11 is 3.35. The molecule has 0 aliphatic carbocycles. The lowest BCUT2D eigenvalue weighted by molar-refractivity contribution is -0.0560. The minimum atomic E-state index is -0.256. The fourth-order valence-corrected chi connectivity index (χ4v) is 2.41. The van der Waals surface area contributed by atoms with Crippen LogP contribution in [0.2, 0.25) is 0 Å². The van der Waals surface area contributed by atoms with Crippen LogP contribution in [0.5, 0.6) is 0 Å². The molecule has 6 heteroatoms. The first-order valence-electron chi connectivity index (χ1n) is 5.79. The summed E-state index contributed by atoms with van der Waals surface area (Å²) in [7, 11) is 0. The van der Waals surface area contributed by atoms with Gasteiger partial charge in [0.2, 0.25) is 0 Å². The van der Waals surface area contributed by atoms with Gasteiger partial charge in [-0.05, 0) is 6.92 Å². The molecule has 0 bridgehead atoms. The summed E-state index contributed by atoms with van der Waals surface area (Å²) < 4.78 is 5.66. The maximum Gasteiger partial charge on any atom is 0.259 e. The van der Waals surface area contributed by atoms with E-state index in [9.17, 15) is 9.59 Å². The van der Waals surface area contributed by atoms with Gasteiger partial charge in [-0.15, -0.1) is 0 Å². The van der Waals surface area contributed by atoms with Gasteiger partial charge in [0.1, 0.15) is 5.56 Å². The normalized spacial score (nSPS) is 24.0. The molecule has 98 valence electrons. The molecule has 18 heavy (non-hydrogen) atoms. The SMILES string of the molecule is CC1CN(C(=O)c2c[nH]ccc2=O)CC(CBr)O1. The summed E-state index contributed by atoms with van der Waals surface area (Å²) in [6.07, 6.45) is 2.92. The number of aromatic nitrogens is 1. The first-order valence-corrected chi connectivity index (χ1v) is 6.91. The maximum atomic E-state index is 12.3. The zero-order valence-electron chi connectivity index (χ0n) is 10.1. The molecular weight excluding hydrogens is 300 g/mol. The predicted octanol–water partition coefficient (Wildman–Crippen LogP) is 0.999. The van der Waals surface area contributed by atoms with Crippen LogP contribution in [-0.4, -0.2) is 46.4 Å². The number of aromatic amines is 1. The summed E-state index contributed by atoms with van der Waals surface area (Å²) in [6.45, 7) is 2.93. The number of pyridine rings is 1. The number of nitrogens with zero attached hydrogens (tertiary/aromatic N) is 1. The number of ether oxygens (including phenoxy) is 1. The van der Waals surface area contributed by atoms with Gasteiger partial charge in [0, 0.05) is 36.9 Å². The van der Waals surface area contributed by atoms with E-state index in [2.05, 4.69) is 20.9 Å². The second-order valence-electron chi connectivity index (χ2n) is 4.36. The lowest BCUT2D eigenvalue weighted by atomic mass is 10.2. The van der Waals surface area contributed by atoms with Crippen LogP contribution in [0.25, 0.3) is 0 Å². The Labute approximate surface area is 113 Å². The molecule has 1 aromatic heterocycles. The topological polar surface area (TPSA) is 62.4 Å². The molecule has 1 fully saturated rings. The highest BCUT2D eigenvalue weighted by atomic mass is 79.9. The van der Waals surface area contributed by atoms with E-state index in [1.54, 1.807) is 4.90 Å². The van der Waals surface area contributed by atoms with Gasteiger partial charge in [-0.2, -0.15) is 0 Å². The van der Waals surface area contributed by atoms with Crippen LogP contribution in [0.1, 0.15) is 17.3 Å². The summed E-state index contributed by atoms with van der Waals surface area (Å²) in [5, 5.41) is 0.673. The number of halogens is 1. The molecule has 1 N–H and O–H groups in total. The number of carbonyl (C=O) groups is 1. The fraction of sp³-hybridized carbons (Fsp3) is 0.500. The highest BCUT2D eigenvalue weighted by molar-refractivity contribution is 9.09. The van der Waals surface area contributed by atoms with E-state index >= 15 is 0 Å². The van der Waals surface area contributed by atoms with E-state index in [1.807, 2.05) is 6.92 Å². The van der Waals surface area contributed by atoms with E-state index in [0.29, 0.717) is 18.4 Å². The Morgan fingerprint density at radius 1 is 1.61 bits per heavy atom. The van der Waals surface area contributed by atoms with Crippen molar-refractivity contribution in [3.63, 3.8) is 0 Å². The van der Waals surface area contributed by atoms with Crippen molar-refractivity contribution < 1.29 is 9.53 Å². The van der Waals surface area contributed by atoms with Crippen molar-refractivity contribution in [2.24, 2.45) is 0 Å². The van der Waals surface area contributed by atoms with Crippen LogP contribution in [-0.2, 0) is 4.74 Å². The lowest BCUT2D eigenvalue weighted by Gasteiger charge is -2.36. The van der Waals surface area contributed by atoms with Crippen LogP contribution in [0.4, 0.5) is 0 Å². The van der Waals surface area contributed by atoms with Gasteiger partial charge < -0.3 is 14.6 Å². The highest BCUT2D eigenvalue weighted by Crippen LogP contribution is 2.14. The zero-order valence-corrected chi connectivity index (χ0v) is 11.6. The van der Waals surface area contributed by atoms with E-state index in [4.69, 9.17) is 4.74 Å². The van der Waals surface area contributed by atoms with Crippen molar-refractivity contribution >= 4 is 21.8 Å². The summed E-state index contributed by atoms with van der Waals surface area (Å²) in [5.74, 6) is -0.238. The quantitative estimate of drug-likeness (QED) is 0.828. The third-order valence-corrected chi connectivity index (χ3v) is 3.56. The van der Waals surface area contributed by atoms with E-state index in [0.717, 1.165) is 0 Å². The summed E-state index contributed by atoms with van der Waals surface area (Å²) in [5.41, 5.74) is -0.0757. The van der Waals surface area contributed by atoms with Gasteiger partial charge in [-0.1, -0.05) is 15.9 Å². The molecular formula is C12H15BrN2O3. The van der Waals surface area contributed by atoms with Gasteiger partial charge in [0.25, 0.3) is 5.91 Å². The fourth-order valence-electron chi connectivity index (χ4n) is 2.05. The first kappa shape index (κ1) is 13.3. The molecule has 0 spiro atoms. The van der Waals surface area contributed by atoms with E-state index in [1.165, 1.54) is 18.5 Å². The van der Waals surface area contributed by atoms with Gasteiger partial charge >= 0.3 is 0 Å². The smallest absolute Gasteiger partial charge is 0.259 e. The average molecular weight is 315 g/mol. The Balaban J connectivity index is 2.18. The molecule has 1 aromatic rings. The molecule has 2 atom stereocenters. The Hall–Kier alpha value is -1.14. The van der Waals surface area contributed by atoms with Crippen molar-refractivity contribution in [1.82, 2.24) is 9.88 Å². The number of hydrogen-bond acceptors (Lipinski definition) is 3. The largest absolute Gasteiger partial charge is 0.371 e. The monoisotopic (exact) mass is 314 g/mol. The van der Waals surface area contributed by atoms with E-state index in [-0.39, 0.29) is 29.1 Å². The Morgan fingerprint density at radius 3 is 3.06 bits per heavy atom. The van der Waals surface area contributed by atoms with Gasteiger partial charge in [0.05, 0.1) is 12.2 Å². The molecule has 0 radical (unpaired) electrons. The molecule has 5 nitrogen and oxygen atoms in total. The van der Waals surface area contributed by atoms with Crippen molar-refractivity contribution in [3.8, 4) is 0 Å². The number of nitrogens with one attached hydrogen (secondary N) is 1. The molecule has 1 amide bonds. The third kappa shape index (κ3) is 2.81. The molecule has 0 saturated carbocycles. The van der Waals surface area contributed by atoms with Crippen molar-refractivity contribution in [3.05, 3.63) is 34.2 Å². The Kier molecular flexibility index (Phi) is 4.19. The van der Waals surface area contributed by atoms with Crippen molar-refractivity contribution in [2.75, 3.05) is 18.4 Å². The van der Waals surface area contributed by atoms with Crippen molar-refractivity contribution in [1.29, 1.82) is 0 Å². The minimum absolute atomic E-state index is 0.0203. The number of amides is 1. The third-order valence-electron chi connectivity index (χ3n) is 2.84. The number of H-pyrrole nitrogens is 1. The number of hydrogen-bond donors (Lipinski definition) is 1. The van der Waals surface area contributed by atoms with Gasteiger partial charge in [-0.3, -0.25) is 9.59 Å². The van der Waals surface area contributed by atoms with Gasteiger partial charge in [0.15, 0.2) is 5.43 Å². The van der Waals surface area contributed by atoms with Crippen LogP contribution < -0.4 is 5.43 Å². The second-order valence-corrected chi connectivity index (χ2v) is 5.00. The highest BCUT2D eigenvalue weighted by Gasteiger charge is 2.29. The number of alkyl halides is 1. The minimum Gasteiger partial charge on any atom is -0.371 e. The predicted molar refractivity (Wildman–Crippen MR) is 71.1 cm³/mol. The standard InChI is InChI=1S/C12H15BrN2O3/c1-8-6-15(7-9(4-13)18-8)12(17)10-5-14-3-2-11(10)16/h2-3,5,8-9H,4,6-7H2,1H3,(H,14,16). The summed E-state index contributed by atoms with van der Waals surface area (Å²) in [4.78, 5) is 28.3. The van der Waals surface area contributed by atoms with Crippen LogP contribution in [0.15, 0.2) is 23.3 Å². The van der Waals surface area contributed by atoms with Crippen LogP contribution in [0.3, 0.4) is 0 Å². The molecule has 2 heterocycles.